The first kappa shape index (κ1) is 8.68. The summed E-state index contributed by atoms with van der Waals surface area (Å²) in [7, 11) is 0. The first-order valence-electron chi connectivity index (χ1n) is 3.46. The van der Waals surface area contributed by atoms with Crippen LogP contribution in [0, 0.1) is 6.92 Å². The predicted molar refractivity (Wildman–Crippen MR) is 47.5 cm³/mol. The molecule has 0 aromatic carbocycles. The van der Waals surface area contributed by atoms with E-state index in [1.165, 1.54) is 0 Å². The molecule has 0 fully saturated rings. The third kappa shape index (κ3) is 2.60. The molecule has 0 saturated carbocycles. The number of halogens is 1. The maximum atomic E-state index is 8.65. The van der Waals surface area contributed by atoms with Crippen molar-refractivity contribution in [2.45, 2.75) is 13.3 Å². The number of hydrogen-bond donors (Lipinski definition) is 1. The first-order chi connectivity index (χ1) is 5.22. The Morgan fingerprint density at radius 2 is 2.27 bits per heavy atom. The second-order valence-electron chi connectivity index (χ2n) is 2.39. The highest BCUT2D eigenvalue weighted by Crippen LogP contribution is 2.12. The van der Waals surface area contributed by atoms with E-state index in [9.17, 15) is 0 Å². The Labute approximate surface area is 74.4 Å². The largest absolute Gasteiger partial charge is 0.396 e. The summed E-state index contributed by atoms with van der Waals surface area (Å²) >= 11 is 3.36. The normalized spacial score (nSPS) is 10.1. The number of hydrogen-bond acceptors (Lipinski definition) is 2. The summed E-state index contributed by atoms with van der Waals surface area (Å²) in [6, 6.07) is 3.87. The lowest BCUT2D eigenvalue weighted by molar-refractivity contribution is 0.298. The molecule has 1 rings (SSSR count). The summed E-state index contributed by atoms with van der Waals surface area (Å²) < 4.78 is 1.02. The van der Waals surface area contributed by atoms with Gasteiger partial charge in [-0.05, 0) is 19.1 Å². The second-order valence-corrected chi connectivity index (χ2v) is 3.31. The van der Waals surface area contributed by atoms with Crippen LogP contribution >= 0.6 is 15.9 Å². The molecule has 0 unspecified atom stereocenters. The van der Waals surface area contributed by atoms with Gasteiger partial charge in [0.1, 0.15) is 0 Å². The monoisotopic (exact) mass is 215 g/mol. The summed E-state index contributed by atoms with van der Waals surface area (Å²) in [4.78, 5) is 4.23. The molecule has 0 atom stereocenters. The van der Waals surface area contributed by atoms with Gasteiger partial charge in [0.05, 0.1) is 0 Å². The lowest BCUT2D eigenvalue weighted by Crippen LogP contribution is -1.95. The second kappa shape index (κ2) is 3.83. The number of aryl methyl sites for hydroxylation is 1. The van der Waals surface area contributed by atoms with E-state index in [-0.39, 0.29) is 6.61 Å². The minimum absolute atomic E-state index is 0.156. The molecule has 0 saturated heterocycles. The number of pyridine rings is 1. The third-order valence-corrected chi connectivity index (χ3v) is 1.80. The van der Waals surface area contributed by atoms with Crippen LogP contribution in [-0.2, 0) is 6.42 Å². The molecular formula is C8H10BrNO. The molecule has 2 nitrogen and oxygen atoms in total. The Balaban J connectivity index is 2.89. The average Bonchev–Trinajstić information content (AvgIpc) is 1.85. The standard InChI is InChI=1S/C8H10BrNO/c1-6-4-7(9)5-8(10-6)2-3-11/h4-5,11H,2-3H2,1H3. The molecule has 0 amide bonds. The van der Waals surface area contributed by atoms with E-state index < -0.39 is 0 Å². The minimum atomic E-state index is 0.156. The van der Waals surface area contributed by atoms with Gasteiger partial charge in [0.25, 0.3) is 0 Å². The Kier molecular flexibility index (Phi) is 3.02. The fourth-order valence-electron chi connectivity index (χ4n) is 0.934. The highest BCUT2D eigenvalue weighted by atomic mass is 79.9. The zero-order chi connectivity index (χ0) is 8.27. The predicted octanol–water partition coefficient (Wildman–Crippen LogP) is 1.69. The van der Waals surface area contributed by atoms with Gasteiger partial charge in [0.2, 0.25) is 0 Å². The van der Waals surface area contributed by atoms with Crippen molar-refractivity contribution in [3.63, 3.8) is 0 Å². The average molecular weight is 216 g/mol. The van der Waals surface area contributed by atoms with Crippen LogP contribution in [0.2, 0.25) is 0 Å². The summed E-state index contributed by atoms with van der Waals surface area (Å²) in [5, 5.41) is 8.65. The van der Waals surface area contributed by atoms with Crippen molar-refractivity contribution in [1.29, 1.82) is 0 Å². The quantitative estimate of drug-likeness (QED) is 0.815. The molecule has 11 heavy (non-hydrogen) atoms. The molecule has 0 radical (unpaired) electrons. The van der Waals surface area contributed by atoms with Gasteiger partial charge in [0, 0.05) is 28.9 Å². The molecule has 1 heterocycles. The van der Waals surface area contributed by atoms with Gasteiger partial charge in [-0.3, -0.25) is 4.98 Å². The van der Waals surface area contributed by atoms with Crippen LogP contribution in [0.1, 0.15) is 11.4 Å². The molecule has 0 spiro atoms. The Bertz CT molecular complexity index is 230. The molecule has 0 aliphatic heterocycles. The van der Waals surface area contributed by atoms with E-state index in [2.05, 4.69) is 20.9 Å². The molecule has 0 bridgehead atoms. The smallest absolute Gasteiger partial charge is 0.0486 e. The minimum Gasteiger partial charge on any atom is -0.396 e. The highest BCUT2D eigenvalue weighted by molar-refractivity contribution is 9.10. The molecule has 0 aliphatic carbocycles. The van der Waals surface area contributed by atoms with Crippen molar-refractivity contribution < 1.29 is 5.11 Å². The SMILES string of the molecule is Cc1cc(Br)cc(CCO)n1. The van der Waals surface area contributed by atoms with Gasteiger partial charge in [-0.25, -0.2) is 0 Å². The van der Waals surface area contributed by atoms with Crippen LogP contribution in [0.4, 0.5) is 0 Å². The van der Waals surface area contributed by atoms with Crippen molar-refractivity contribution in [2.24, 2.45) is 0 Å². The van der Waals surface area contributed by atoms with Gasteiger partial charge in [-0.2, -0.15) is 0 Å². The molecule has 1 aromatic rings. The van der Waals surface area contributed by atoms with Crippen LogP contribution in [-0.4, -0.2) is 16.7 Å². The van der Waals surface area contributed by atoms with Crippen molar-refractivity contribution in [3.8, 4) is 0 Å². The van der Waals surface area contributed by atoms with Crippen LogP contribution < -0.4 is 0 Å². The third-order valence-electron chi connectivity index (χ3n) is 1.34. The molecule has 1 aromatic heterocycles. The fourth-order valence-corrected chi connectivity index (χ4v) is 1.53. The zero-order valence-electron chi connectivity index (χ0n) is 6.34. The Hall–Kier alpha value is -0.410. The molecule has 60 valence electrons. The van der Waals surface area contributed by atoms with Crippen LogP contribution in [0.15, 0.2) is 16.6 Å². The summed E-state index contributed by atoms with van der Waals surface area (Å²) in [5.41, 5.74) is 1.90. The highest BCUT2D eigenvalue weighted by Gasteiger charge is 1.96. The van der Waals surface area contributed by atoms with Crippen molar-refractivity contribution in [3.05, 3.63) is 28.0 Å². The Morgan fingerprint density at radius 1 is 1.55 bits per heavy atom. The van der Waals surface area contributed by atoms with Gasteiger partial charge >= 0.3 is 0 Å². The van der Waals surface area contributed by atoms with E-state index in [0.717, 1.165) is 15.9 Å². The van der Waals surface area contributed by atoms with Crippen LogP contribution in [0.5, 0.6) is 0 Å². The number of nitrogens with zero attached hydrogens (tertiary/aromatic N) is 1. The van der Waals surface area contributed by atoms with E-state index in [0.29, 0.717) is 6.42 Å². The van der Waals surface area contributed by atoms with Gasteiger partial charge < -0.3 is 5.11 Å². The van der Waals surface area contributed by atoms with E-state index in [1.807, 2.05) is 19.1 Å². The zero-order valence-corrected chi connectivity index (χ0v) is 7.93. The Morgan fingerprint density at radius 3 is 2.82 bits per heavy atom. The number of aliphatic hydroxyl groups is 1. The van der Waals surface area contributed by atoms with E-state index >= 15 is 0 Å². The van der Waals surface area contributed by atoms with Crippen LogP contribution in [0.25, 0.3) is 0 Å². The lowest BCUT2D eigenvalue weighted by Gasteiger charge is -1.99. The maximum absolute atomic E-state index is 8.65. The first-order valence-corrected chi connectivity index (χ1v) is 4.25. The molecule has 1 N–H and O–H groups in total. The number of aromatic nitrogens is 1. The van der Waals surface area contributed by atoms with Crippen molar-refractivity contribution in [1.82, 2.24) is 4.98 Å². The number of rotatable bonds is 2. The maximum Gasteiger partial charge on any atom is 0.0486 e. The fraction of sp³-hybridized carbons (Fsp3) is 0.375. The van der Waals surface area contributed by atoms with Gasteiger partial charge in [0.15, 0.2) is 0 Å². The molecular weight excluding hydrogens is 206 g/mol. The van der Waals surface area contributed by atoms with Gasteiger partial charge in [-0.1, -0.05) is 15.9 Å². The number of aliphatic hydroxyl groups excluding tert-OH is 1. The molecule has 0 aliphatic rings. The topological polar surface area (TPSA) is 33.1 Å². The van der Waals surface area contributed by atoms with E-state index in [4.69, 9.17) is 5.11 Å². The summed E-state index contributed by atoms with van der Waals surface area (Å²) in [6.07, 6.45) is 0.625. The van der Waals surface area contributed by atoms with Crippen LogP contribution in [0.3, 0.4) is 0 Å². The van der Waals surface area contributed by atoms with Crippen molar-refractivity contribution in [2.75, 3.05) is 6.61 Å². The van der Waals surface area contributed by atoms with Gasteiger partial charge in [-0.15, -0.1) is 0 Å². The summed E-state index contributed by atoms with van der Waals surface area (Å²) in [5.74, 6) is 0. The molecule has 3 heteroatoms. The van der Waals surface area contributed by atoms with E-state index in [1.54, 1.807) is 0 Å². The lowest BCUT2D eigenvalue weighted by atomic mass is 10.2. The summed E-state index contributed by atoms with van der Waals surface area (Å²) in [6.45, 7) is 2.09. The van der Waals surface area contributed by atoms with Crippen molar-refractivity contribution >= 4 is 15.9 Å².